The second-order valence-corrected chi connectivity index (χ2v) is 5.55. The van der Waals surface area contributed by atoms with Crippen LogP contribution in [-0.2, 0) is 6.42 Å². The Bertz CT molecular complexity index is 624. The Morgan fingerprint density at radius 1 is 1.29 bits per heavy atom. The fraction of sp³-hybridized carbons (Fsp3) is 0.389. The van der Waals surface area contributed by atoms with E-state index in [2.05, 4.69) is 48.4 Å². The molecule has 0 amide bonds. The maximum atomic E-state index is 5.89. The molecule has 0 spiro atoms. The van der Waals surface area contributed by atoms with Crippen LogP contribution in [-0.4, -0.2) is 18.1 Å². The van der Waals surface area contributed by atoms with Gasteiger partial charge >= 0.3 is 0 Å². The Balaban J connectivity index is 2.04. The zero-order valence-corrected chi connectivity index (χ0v) is 12.7. The van der Waals surface area contributed by atoms with Gasteiger partial charge in [-0.1, -0.05) is 25.1 Å². The van der Waals surface area contributed by atoms with E-state index in [1.165, 1.54) is 22.3 Å². The fourth-order valence-electron chi connectivity index (χ4n) is 2.92. The number of ether oxygens (including phenoxy) is 1. The first kappa shape index (κ1) is 14.1. The molecular formula is C18H22N2O. The molecule has 1 aromatic heterocycles. The van der Waals surface area contributed by atoms with Crippen LogP contribution in [0.3, 0.4) is 0 Å². The van der Waals surface area contributed by atoms with E-state index in [4.69, 9.17) is 4.74 Å². The van der Waals surface area contributed by atoms with Gasteiger partial charge in [0.2, 0.25) is 0 Å². The van der Waals surface area contributed by atoms with Crippen molar-refractivity contribution >= 4 is 0 Å². The summed E-state index contributed by atoms with van der Waals surface area (Å²) in [5.74, 6) is 1.06. The molecule has 3 rings (SSSR count). The number of pyridine rings is 1. The van der Waals surface area contributed by atoms with Crippen molar-refractivity contribution in [2.75, 3.05) is 13.2 Å². The van der Waals surface area contributed by atoms with Crippen molar-refractivity contribution in [1.82, 2.24) is 10.3 Å². The Kier molecular flexibility index (Phi) is 4.20. The number of rotatable bonds is 5. The Hall–Kier alpha value is -1.87. The zero-order chi connectivity index (χ0) is 14.7. The number of aromatic nitrogens is 1. The summed E-state index contributed by atoms with van der Waals surface area (Å²) < 4.78 is 5.89. The molecule has 0 fully saturated rings. The molecule has 3 nitrogen and oxygen atoms in total. The summed E-state index contributed by atoms with van der Waals surface area (Å²) in [4.78, 5) is 4.31. The minimum absolute atomic E-state index is 0.145. The highest BCUT2D eigenvalue weighted by molar-refractivity contribution is 5.49. The van der Waals surface area contributed by atoms with Crippen molar-refractivity contribution in [2.24, 2.45) is 0 Å². The first-order valence-electron chi connectivity index (χ1n) is 7.69. The predicted octanol–water partition coefficient (Wildman–Crippen LogP) is 3.41. The minimum atomic E-state index is 0.145. The van der Waals surface area contributed by atoms with Gasteiger partial charge in [0.05, 0.1) is 12.6 Å². The van der Waals surface area contributed by atoms with Gasteiger partial charge in [-0.3, -0.25) is 4.98 Å². The molecule has 1 N–H and O–H groups in total. The predicted molar refractivity (Wildman–Crippen MR) is 84.8 cm³/mol. The molecule has 1 aliphatic heterocycles. The highest BCUT2D eigenvalue weighted by Crippen LogP contribution is 2.36. The van der Waals surface area contributed by atoms with Crippen molar-refractivity contribution in [3.63, 3.8) is 0 Å². The molecule has 1 aliphatic rings. The molecule has 0 radical (unpaired) electrons. The molecule has 1 unspecified atom stereocenters. The van der Waals surface area contributed by atoms with E-state index in [9.17, 15) is 0 Å². The lowest BCUT2D eigenvalue weighted by Crippen LogP contribution is -2.24. The van der Waals surface area contributed by atoms with Crippen LogP contribution in [0.1, 0.15) is 41.6 Å². The molecule has 110 valence electrons. The fourth-order valence-corrected chi connectivity index (χ4v) is 2.92. The summed E-state index contributed by atoms with van der Waals surface area (Å²) in [5, 5.41) is 3.65. The normalized spacial score (nSPS) is 14.6. The number of hydrogen-bond donors (Lipinski definition) is 1. The Morgan fingerprint density at radius 2 is 2.19 bits per heavy atom. The van der Waals surface area contributed by atoms with Gasteiger partial charge in [0.15, 0.2) is 0 Å². The molecule has 0 saturated heterocycles. The third kappa shape index (κ3) is 2.79. The van der Waals surface area contributed by atoms with Crippen molar-refractivity contribution in [3.05, 3.63) is 58.9 Å². The van der Waals surface area contributed by atoms with Crippen molar-refractivity contribution in [3.8, 4) is 5.75 Å². The van der Waals surface area contributed by atoms with Gasteiger partial charge in [-0.25, -0.2) is 0 Å². The van der Waals surface area contributed by atoms with Crippen molar-refractivity contribution < 1.29 is 4.74 Å². The summed E-state index contributed by atoms with van der Waals surface area (Å²) in [7, 11) is 0. The van der Waals surface area contributed by atoms with Gasteiger partial charge in [0, 0.05) is 24.4 Å². The summed E-state index contributed by atoms with van der Waals surface area (Å²) in [6.45, 7) is 6.09. The molecule has 1 atom stereocenters. The maximum Gasteiger partial charge on any atom is 0.127 e. The van der Waals surface area contributed by atoms with Crippen LogP contribution in [0.4, 0.5) is 0 Å². The summed E-state index contributed by atoms with van der Waals surface area (Å²) in [6.07, 6.45) is 5.93. The number of para-hydroxylation sites is 1. The molecule has 3 heteroatoms. The van der Waals surface area contributed by atoms with Gasteiger partial charge in [-0.05, 0) is 42.6 Å². The Morgan fingerprint density at radius 3 is 3.00 bits per heavy atom. The molecule has 1 aromatic carbocycles. The first-order valence-corrected chi connectivity index (χ1v) is 7.69. The average molecular weight is 282 g/mol. The van der Waals surface area contributed by atoms with E-state index >= 15 is 0 Å². The number of aryl methyl sites for hydroxylation is 1. The lowest BCUT2D eigenvalue weighted by molar-refractivity contribution is 0.350. The van der Waals surface area contributed by atoms with Crippen LogP contribution in [0.15, 0.2) is 36.7 Å². The van der Waals surface area contributed by atoms with Crippen LogP contribution < -0.4 is 10.1 Å². The topological polar surface area (TPSA) is 34.2 Å². The van der Waals surface area contributed by atoms with Gasteiger partial charge in [-0.2, -0.15) is 0 Å². The average Bonchev–Trinajstić information content (AvgIpc) is 2.98. The van der Waals surface area contributed by atoms with Gasteiger partial charge in [0.1, 0.15) is 5.75 Å². The molecule has 21 heavy (non-hydrogen) atoms. The lowest BCUT2D eigenvalue weighted by Gasteiger charge is -2.23. The van der Waals surface area contributed by atoms with E-state index in [1.807, 2.05) is 12.4 Å². The highest BCUT2D eigenvalue weighted by atomic mass is 16.5. The summed E-state index contributed by atoms with van der Waals surface area (Å²) in [6, 6.07) is 8.68. The van der Waals surface area contributed by atoms with E-state index in [-0.39, 0.29) is 6.04 Å². The van der Waals surface area contributed by atoms with Crippen LogP contribution in [0.5, 0.6) is 5.75 Å². The van der Waals surface area contributed by atoms with Crippen LogP contribution in [0, 0.1) is 6.92 Å². The molecular weight excluding hydrogens is 260 g/mol. The van der Waals surface area contributed by atoms with E-state index in [1.54, 1.807) is 0 Å². The summed E-state index contributed by atoms with van der Waals surface area (Å²) >= 11 is 0. The Labute approximate surface area is 126 Å². The summed E-state index contributed by atoms with van der Waals surface area (Å²) in [5.41, 5.74) is 5.04. The molecule has 2 heterocycles. The molecule has 0 saturated carbocycles. The van der Waals surface area contributed by atoms with Gasteiger partial charge < -0.3 is 10.1 Å². The SMILES string of the molecule is CCCNC(c1cnccc1C)c1cccc2c1OCC2. The second kappa shape index (κ2) is 6.27. The van der Waals surface area contributed by atoms with Crippen molar-refractivity contribution in [1.29, 1.82) is 0 Å². The standard InChI is InChI=1S/C18H22N2O/c1-3-9-20-17(16-12-19-10-7-13(16)2)15-6-4-5-14-8-11-21-18(14)15/h4-7,10,12,17,20H,3,8-9,11H2,1-2H3. The maximum absolute atomic E-state index is 5.89. The van der Waals surface area contributed by atoms with Gasteiger partial charge in [0.25, 0.3) is 0 Å². The number of hydrogen-bond acceptors (Lipinski definition) is 3. The second-order valence-electron chi connectivity index (χ2n) is 5.55. The van der Waals surface area contributed by atoms with Crippen molar-refractivity contribution in [2.45, 2.75) is 32.7 Å². The zero-order valence-electron chi connectivity index (χ0n) is 12.7. The van der Waals surface area contributed by atoms with Gasteiger partial charge in [-0.15, -0.1) is 0 Å². The molecule has 0 bridgehead atoms. The number of nitrogens with one attached hydrogen (secondary N) is 1. The van der Waals surface area contributed by atoms with Crippen LogP contribution in [0.2, 0.25) is 0 Å². The number of benzene rings is 1. The van der Waals surface area contributed by atoms with Crippen LogP contribution in [0.25, 0.3) is 0 Å². The quantitative estimate of drug-likeness (QED) is 0.912. The lowest BCUT2D eigenvalue weighted by atomic mass is 9.94. The van der Waals surface area contributed by atoms with Crippen LogP contribution >= 0.6 is 0 Å². The van der Waals surface area contributed by atoms with E-state index in [0.29, 0.717) is 0 Å². The molecule has 2 aromatic rings. The number of nitrogens with zero attached hydrogens (tertiary/aromatic N) is 1. The monoisotopic (exact) mass is 282 g/mol. The minimum Gasteiger partial charge on any atom is -0.493 e. The number of fused-ring (bicyclic) bond motifs is 1. The molecule has 0 aliphatic carbocycles. The third-order valence-electron chi connectivity index (χ3n) is 4.04. The largest absolute Gasteiger partial charge is 0.493 e. The highest BCUT2D eigenvalue weighted by Gasteiger charge is 2.24. The van der Waals surface area contributed by atoms with E-state index in [0.717, 1.165) is 31.7 Å². The van der Waals surface area contributed by atoms with E-state index < -0.39 is 0 Å². The first-order chi connectivity index (χ1) is 10.3. The smallest absolute Gasteiger partial charge is 0.127 e. The third-order valence-corrected chi connectivity index (χ3v) is 4.04.